The van der Waals surface area contributed by atoms with E-state index in [2.05, 4.69) is 13.0 Å². The smallest absolute Gasteiger partial charge is 0.0700 e. The van der Waals surface area contributed by atoms with Crippen molar-refractivity contribution in [3.8, 4) is 6.07 Å². The van der Waals surface area contributed by atoms with Crippen LogP contribution in [0.2, 0.25) is 0 Å². The summed E-state index contributed by atoms with van der Waals surface area (Å²) in [6.07, 6.45) is 5.38. The topological polar surface area (TPSA) is 23.8 Å². The van der Waals surface area contributed by atoms with Gasteiger partial charge in [-0.1, -0.05) is 31.4 Å². The highest BCUT2D eigenvalue weighted by molar-refractivity contribution is 5.10. The highest BCUT2D eigenvalue weighted by Gasteiger charge is 2.06. The van der Waals surface area contributed by atoms with E-state index >= 15 is 0 Å². The van der Waals surface area contributed by atoms with Crippen LogP contribution < -0.4 is 0 Å². The Morgan fingerprint density at radius 1 is 1.64 bits per heavy atom. The number of unbranched alkanes of at least 4 members (excludes halogenated alkanes) is 1. The Hall–Kier alpha value is -0.770. The Labute approximate surface area is 69.7 Å². The lowest BCUT2D eigenvalue weighted by Gasteiger charge is -2.07. The van der Waals surface area contributed by atoms with Crippen molar-refractivity contribution in [3.63, 3.8) is 0 Å². The van der Waals surface area contributed by atoms with E-state index in [-0.39, 0.29) is 5.92 Å². The third kappa shape index (κ3) is 3.83. The molecule has 0 bridgehead atoms. The van der Waals surface area contributed by atoms with E-state index in [0.717, 1.165) is 12.8 Å². The zero-order valence-corrected chi connectivity index (χ0v) is 7.72. The third-order valence-corrected chi connectivity index (χ3v) is 2.01. The van der Waals surface area contributed by atoms with Crippen molar-refractivity contribution in [2.45, 2.75) is 40.0 Å². The van der Waals surface area contributed by atoms with Gasteiger partial charge in [-0.2, -0.15) is 5.26 Å². The molecular weight excluding hydrogens is 134 g/mol. The summed E-state index contributed by atoms with van der Waals surface area (Å²) in [4.78, 5) is 0. The second-order valence-electron chi connectivity index (χ2n) is 2.86. The predicted octanol–water partition coefficient (Wildman–Crippen LogP) is 3.28. The first-order valence-corrected chi connectivity index (χ1v) is 4.28. The van der Waals surface area contributed by atoms with E-state index in [1.165, 1.54) is 12.0 Å². The van der Waals surface area contributed by atoms with Crippen molar-refractivity contribution in [1.82, 2.24) is 0 Å². The molecule has 0 aliphatic heterocycles. The normalized spacial score (nSPS) is 14.2. The molecule has 0 saturated carbocycles. The van der Waals surface area contributed by atoms with E-state index in [1.54, 1.807) is 0 Å². The summed E-state index contributed by atoms with van der Waals surface area (Å²) < 4.78 is 0. The SMILES string of the molecule is C/C=C(/C)[C@@H](C#N)CCCC. The van der Waals surface area contributed by atoms with E-state index in [1.807, 2.05) is 19.9 Å². The van der Waals surface area contributed by atoms with Gasteiger partial charge in [0.15, 0.2) is 0 Å². The fourth-order valence-electron chi connectivity index (χ4n) is 1.00. The highest BCUT2D eigenvalue weighted by atomic mass is 14.3. The number of hydrogen-bond donors (Lipinski definition) is 0. The zero-order chi connectivity index (χ0) is 8.69. The number of nitriles is 1. The number of allylic oxidation sites excluding steroid dienone is 2. The lowest BCUT2D eigenvalue weighted by atomic mass is 9.96. The molecule has 0 aliphatic carbocycles. The number of hydrogen-bond acceptors (Lipinski definition) is 1. The van der Waals surface area contributed by atoms with Gasteiger partial charge < -0.3 is 0 Å². The Morgan fingerprint density at radius 3 is 2.64 bits per heavy atom. The van der Waals surface area contributed by atoms with Crippen LogP contribution in [0.3, 0.4) is 0 Å². The molecular formula is C10H17N. The Morgan fingerprint density at radius 2 is 2.27 bits per heavy atom. The van der Waals surface area contributed by atoms with Gasteiger partial charge in [0.2, 0.25) is 0 Å². The van der Waals surface area contributed by atoms with E-state index in [4.69, 9.17) is 5.26 Å². The molecule has 0 unspecified atom stereocenters. The van der Waals surface area contributed by atoms with Crippen LogP contribution in [0.5, 0.6) is 0 Å². The van der Waals surface area contributed by atoms with Crippen LogP contribution in [0, 0.1) is 17.2 Å². The summed E-state index contributed by atoms with van der Waals surface area (Å²) in [5.74, 6) is 0.153. The lowest BCUT2D eigenvalue weighted by Crippen LogP contribution is -1.97. The van der Waals surface area contributed by atoms with Crippen molar-refractivity contribution in [2.24, 2.45) is 5.92 Å². The Balaban J connectivity index is 3.88. The van der Waals surface area contributed by atoms with Gasteiger partial charge in [0.05, 0.1) is 12.0 Å². The van der Waals surface area contributed by atoms with Gasteiger partial charge in [-0.3, -0.25) is 0 Å². The van der Waals surface area contributed by atoms with Gasteiger partial charge in [0, 0.05) is 0 Å². The minimum Gasteiger partial charge on any atom is -0.198 e. The fourth-order valence-corrected chi connectivity index (χ4v) is 1.00. The monoisotopic (exact) mass is 151 g/mol. The van der Waals surface area contributed by atoms with Crippen LogP contribution in [0.25, 0.3) is 0 Å². The van der Waals surface area contributed by atoms with Crippen LogP contribution in [0.1, 0.15) is 40.0 Å². The van der Waals surface area contributed by atoms with E-state index < -0.39 is 0 Å². The first-order valence-electron chi connectivity index (χ1n) is 4.28. The van der Waals surface area contributed by atoms with Crippen LogP contribution in [0.15, 0.2) is 11.6 Å². The molecule has 1 atom stereocenters. The summed E-state index contributed by atoms with van der Waals surface area (Å²) in [5.41, 5.74) is 1.21. The molecule has 0 aromatic heterocycles. The molecule has 0 aromatic carbocycles. The van der Waals surface area contributed by atoms with Crippen molar-refractivity contribution in [1.29, 1.82) is 5.26 Å². The van der Waals surface area contributed by atoms with Gasteiger partial charge in [-0.05, 0) is 20.3 Å². The van der Waals surface area contributed by atoms with Crippen LogP contribution in [0.4, 0.5) is 0 Å². The molecule has 1 nitrogen and oxygen atoms in total. The maximum Gasteiger partial charge on any atom is 0.0700 e. The Bertz CT molecular complexity index is 162. The second-order valence-corrected chi connectivity index (χ2v) is 2.86. The zero-order valence-electron chi connectivity index (χ0n) is 7.72. The molecule has 0 spiro atoms. The molecule has 0 radical (unpaired) electrons. The maximum absolute atomic E-state index is 8.76. The van der Waals surface area contributed by atoms with Gasteiger partial charge in [-0.15, -0.1) is 0 Å². The molecule has 0 rings (SSSR count). The van der Waals surface area contributed by atoms with Crippen LogP contribution >= 0.6 is 0 Å². The largest absolute Gasteiger partial charge is 0.198 e. The average molecular weight is 151 g/mol. The molecule has 11 heavy (non-hydrogen) atoms. The molecule has 0 fully saturated rings. The average Bonchev–Trinajstić information content (AvgIpc) is 2.05. The highest BCUT2D eigenvalue weighted by Crippen LogP contribution is 2.16. The van der Waals surface area contributed by atoms with E-state index in [9.17, 15) is 0 Å². The van der Waals surface area contributed by atoms with Crippen LogP contribution in [-0.4, -0.2) is 0 Å². The molecule has 0 saturated heterocycles. The fraction of sp³-hybridized carbons (Fsp3) is 0.700. The van der Waals surface area contributed by atoms with Crippen molar-refractivity contribution >= 4 is 0 Å². The molecule has 0 heterocycles. The number of rotatable bonds is 4. The molecule has 0 N–H and O–H groups in total. The van der Waals surface area contributed by atoms with Crippen LogP contribution in [-0.2, 0) is 0 Å². The summed E-state index contributed by atoms with van der Waals surface area (Å²) >= 11 is 0. The van der Waals surface area contributed by atoms with Crippen molar-refractivity contribution in [3.05, 3.63) is 11.6 Å². The first-order chi connectivity index (χ1) is 5.26. The molecule has 0 aliphatic rings. The molecule has 62 valence electrons. The first kappa shape index (κ1) is 10.2. The van der Waals surface area contributed by atoms with Gasteiger partial charge >= 0.3 is 0 Å². The van der Waals surface area contributed by atoms with Gasteiger partial charge in [0.25, 0.3) is 0 Å². The quantitative estimate of drug-likeness (QED) is 0.566. The van der Waals surface area contributed by atoms with Gasteiger partial charge in [-0.25, -0.2) is 0 Å². The number of nitrogens with zero attached hydrogens (tertiary/aromatic N) is 1. The summed E-state index contributed by atoms with van der Waals surface area (Å²) in [6.45, 7) is 6.18. The van der Waals surface area contributed by atoms with Gasteiger partial charge in [0.1, 0.15) is 0 Å². The minimum absolute atomic E-state index is 0.153. The van der Waals surface area contributed by atoms with E-state index in [0.29, 0.717) is 0 Å². The molecule has 0 amide bonds. The lowest BCUT2D eigenvalue weighted by molar-refractivity contribution is 0.626. The van der Waals surface area contributed by atoms with Crippen molar-refractivity contribution < 1.29 is 0 Å². The minimum atomic E-state index is 0.153. The standard InChI is InChI=1S/C10H17N/c1-4-6-7-10(8-11)9(3)5-2/h5,10H,4,6-7H2,1-3H3/b9-5-/t10-/m1/s1. The molecule has 1 heteroatoms. The maximum atomic E-state index is 8.76. The summed E-state index contributed by atoms with van der Waals surface area (Å²) in [5, 5.41) is 8.76. The molecule has 0 aromatic rings. The predicted molar refractivity (Wildman–Crippen MR) is 48.1 cm³/mol. The summed E-state index contributed by atoms with van der Waals surface area (Å²) in [7, 11) is 0. The second kappa shape index (κ2) is 5.97. The Kier molecular flexibility index (Phi) is 5.56. The summed E-state index contributed by atoms with van der Waals surface area (Å²) in [6, 6.07) is 2.32. The third-order valence-electron chi connectivity index (χ3n) is 2.01. The van der Waals surface area contributed by atoms with Crippen molar-refractivity contribution in [2.75, 3.05) is 0 Å².